The van der Waals surface area contributed by atoms with Crippen LogP contribution in [-0.4, -0.2) is 38.9 Å². The zero-order chi connectivity index (χ0) is 24.3. The van der Waals surface area contributed by atoms with Crippen LogP contribution in [-0.2, 0) is 32.9 Å². The summed E-state index contributed by atoms with van der Waals surface area (Å²) in [5.41, 5.74) is 1.39. The molecule has 3 aliphatic heterocycles. The number of fused-ring (bicyclic) bond motifs is 4. The number of imide groups is 1. The van der Waals surface area contributed by atoms with Gasteiger partial charge < -0.3 is 15.5 Å². The van der Waals surface area contributed by atoms with Crippen molar-refractivity contribution >= 4 is 23.4 Å². The fourth-order valence-corrected chi connectivity index (χ4v) is 5.86. The van der Waals surface area contributed by atoms with Crippen LogP contribution in [0, 0.1) is 11.8 Å². The van der Waals surface area contributed by atoms with Crippen LogP contribution in [0.5, 0.6) is 11.5 Å². The summed E-state index contributed by atoms with van der Waals surface area (Å²) in [6.45, 7) is 0.136. The van der Waals surface area contributed by atoms with Crippen molar-refractivity contribution in [3.8, 4) is 11.5 Å². The summed E-state index contributed by atoms with van der Waals surface area (Å²) in [7, 11) is 0. The maximum absolute atomic E-state index is 13.8. The Labute approximate surface area is 201 Å². The van der Waals surface area contributed by atoms with E-state index in [1.165, 1.54) is 17.0 Å². The molecule has 8 nitrogen and oxygen atoms in total. The summed E-state index contributed by atoms with van der Waals surface area (Å²) in [6.07, 6.45) is 0.282. The van der Waals surface area contributed by atoms with Gasteiger partial charge in [0.25, 0.3) is 0 Å². The molecule has 0 aliphatic carbocycles. The molecule has 3 aliphatic rings. The number of nitrogens with one attached hydrogen (secondary N) is 2. The summed E-state index contributed by atoms with van der Waals surface area (Å²) in [6, 6.07) is 20.4. The number of carbonyl (C=O) groups excluding carboxylic acids is 3. The normalized spacial score (nSPS) is 26.8. The Hall–Kier alpha value is -4.17. The fraction of sp³-hybridized carbons (Fsp3) is 0.222. The van der Waals surface area contributed by atoms with Gasteiger partial charge in [-0.1, -0.05) is 54.6 Å². The Balaban J connectivity index is 1.44. The minimum absolute atomic E-state index is 0.136. The van der Waals surface area contributed by atoms with Crippen LogP contribution < -0.4 is 10.6 Å². The van der Waals surface area contributed by atoms with Crippen LogP contribution in [0.25, 0.3) is 0 Å². The van der Waals surface area contributed by atoms with E-state index in [0.29, 0.717) is 16.8 Å². The number of nitrogens with zero attached hydrogens (tertiary/aromatic N) is 1. The summed E-state index contributed by atoms with van der Waals surface area (Å²) < 4.78 is 0. The lowest BCUT2D eigenvalue weighted by Gasteiger charge is -2.29. The smallest absolute Gasteiger partial charge is 0.250 e. The first-order valence-electron chi connectivity index (χ1n) is 11.5. The van der Waals surface area contributed by atoms with Crippen LogP contribution in [0.15, 0.2) is 72.8 Å². The van der Waals surface area contributed by atoms with Crippen LogP contribution in [0.2, 0.25) is 0 Å². The van der Waals surface area contributed by atoms with Crippen LogP contribution >= 0.6 is 0 Å². The van der Waals surface area contributed by atoms with E-state index >= 15 is 0 Å². The fourth-order valence-electron chi connectivity index (χ4n) is 5.86. The number of aromatic hydroxyl groups is 2. The van der Waals surface area contributed by atoms with Crippen molar-refractivity contribution in [1.82, 2.24) is 10.2 Å². The molecule has 0 aromatic heterocycles. The second-order valence-corrected chi connectivity index (χ2v) is 9.34. The van der Waals surface area contributed by atoms with Crippen LogP contribution in [0.4, 0.5) is 5.69 Å². The van der Waals surface area contributed by atoms with Gasteiger partial charge in [-0.25, -0.2) is 0 Å². The van der Waals surface area contributed by atoms with Gasteiger partial charge >= 0.3 is 0 Å². The van der Waals surface area contributed by atoms with Crippen LogP contribution in [0.1, 0.15) is 16.7 Å². The van der Waals surface area contributed by atoms with E-state index in [1.54, 1.807) is 12.1 Å². The van der Waals surface area contributed by atoms with Crippen LogP contribution in [0.3, 0.4) is 0 Å². The highest BCUT2D eigenvalue weighted by atomic mass is 16.3. The molecule has 0 saturated carbocycles. The first-order valence-corrected chi connectivity index (χ1v) is 11.5. The molecule has 176 valence electrons. The van der Waals surface area contributed by atoms with Crippen molar-refractivity contribution in [3.63, 3.8) is 0 Å². The van der Waals surface area contributed by atoms with Crippen molar-refractivity contribution in [1.29, 1.82) is 0 Å². The lowest BCUT2D eigenvalue weighted by Crippen LogP contribution is -2.53. The molecule has 4 N–H and O–H groups in total. The SMILES string of the molecule is O=C1[C@H]2[C@@H](C(=O)N1Cc1ccccc1)[C@@]1(N[C@@H]2Cc2ccc(O)c(O)c2)C(=O)Nc2ccccc21. The average Bonchev–Trinajstić information content (AvgIpc) is 3.43. The Morgan fingerprint density at radius 2 is 1.57 bits per heavy atom. The average molecular weight is 469 g/mol. The van der Waals surface area contributed by atoms with Gasteiger partial charge in [0.2, 0.25) is 17.7 Å². The van der Waals surface area contributed by atoms with Gasteiger partial charge in [-0.3, -0.25) is 24.6 Å². The van der Waals surface area contributed by atoms with Gasteiger partial charge in [0, 0.05) is 17.3 Å². The number of amides is 3. The van der Waals surface area contributed by atoms with Gasteiger partial charge in [-0.15, -0.1) is 0 Å². The largest absolute Gasteiger partial charge is 0.504 e. The van der Waals surface area contributed by atoms with Gasteiger partial charge in [-0.2, -0.15) is 0 Å². The standard InChI is InChI=1S/C27H23N3O5/c31-20-11-10-16(13-21(20)32)12-19-22-23(25(34)30(24(22)33)14-15-6-2-1-3-7-15)27(29-19)17-8-4-5-9-18(17)28-26(27)35/h1-11,13,19,22-23,29,31-32H,12,14H2,(H,28,35)/t19-,22-,23+,27-/m1/s1. The summed E-state index contributed by atoms with van der Waals surface area (Å²) in [4.78, 5) is 42.3. The molecule has 0 radical (unpaired) electrons. The maximum Gasteiger partial charge on any atom is 0.250 e. The highest BCUT2D eigenvalue weighted by Crippen LogP contribution is 2.53. The van der Waals surface area contributed by atoms with Crippen molar-refractivity contribution < 1.29 is 24.6 Å². The van der Waals surface area contributed by atoms with Crippen molar-refractivity contribution in [2.75, 3.05) is 5.32 Å². The second kappa shape index (κ2) is 7.68. The predicted octanol–water partition coefficient (Wildman–Crippen LogP) is 2.26. The molecule has 6 rings (SSSR count). The zero-order valence-corrected chi connectivity index (χ0v) is 18.6. The van der Waals surface area contributed by atoms with Crippen molar-refractivity contribution in [3.05, 3.63) is 89.5 Å². The summed E-state index contributed by atoms with van der Waals surface area (Å²) in [5, 5.41) is 25.9. The third kappa shape index (κ3) is 3.06. The number of likely N-dealkylation sites (tertiary alicyclic amines) is 1. The number of phenolic OH excluding ortho intramolecular Hbond substituents is 2. The molecule has 1 spiro atoms. The highest BCUT2D eigenvalue weighted by Gasteiger charge is 2.70. The molecule has 0 unspecified atom stereocenters. The van der Waals surface area contributed by atoms with E-state index < -0.39 is 23.4 Å². The van der Waals surface area contributed by atoms with Gasteiger partial charge in [0.15, 0.2) is 11.5 Å². The monoisotopic (exact) mass is 469 g/mol. The number of carbonyl (C=O) groups is 3. The number of phenols is 2. The molecular formula is C27H23N3O5. The molecule has 2 saturated heterocycles. The molecule has 0 bridgehead atoms. The molecule has 35 heavy (non-hydrogen) atoms. The van der Waals surface area contributed by atoms with Gasteiger partial charge in [0.1, 0.15) is 5.54 Å². The molecule has 3 aromatic rings. The van der Waals surface area contributed by atoms with E-state index in [2.05, 4.69) is 10.6 Å². The number of anilines is 1. The van der Waals surface area contributed by atoms with Gasteiger partial charge in [-0.05, 0) is 35.7 Å². The van der Waals surface area contributed by atoms with E-state index in [0.717, 1.165) is 5.56 Å². The number of benzene rings is 3. The molecule has 4 atom stereocenters. The Bertz CT molecular complexity index is 1370. The Morgan fingerprint density at radius 3 is 2.34 bits per heavy atom. The van der Waals surface area contributed by atoms with Crippen molar-refractivity contribution in [2.24, 2.45) is 11.8 Å². The quantitative estimate of drug-likeness (QED) is 0.344. The number of para-hydroxylation sites is 1. The van der Waals surface area contributed by atoms with Gasteiger partial charge in [0.05, 0.1) is 18.4 Å². The molecule has 3 aromatic carbocycles. The summed E-state index contributed by atoms with van der Waals surface area (Å²) in [5.74, 6) is -3.23. The first-order chi connectivity index (χ1) is 16.9. The summed E-state index contributed by atoms with van der Waals surface area (Å²) >= 11 is 0. The molecule has 3 amide bonds. The third-order valence-corrected chi connectivity index (χ3v) is 7.39. The molecule has 3 heterocycles. The number of hydrogen-bond donors (Lipinski definition) is 4. The molecule has 8 heteroatoms. The Morgan fingerprint density at radius 1 is 0.829 bits per heavy atom. The topological polar surface area (TPSA) is 119 Å². The predicted molar refractivity (Wildman–Crippen MR) is 126 cm³/mol. The minimum atomic E-state index is -1.37. The number of hydrogen-bond acceptors (Lipinski definition) is 6. The van der Waals surface area contributed by atoms with E-state index in [-0.39, 0.29) is 42.2 Å². The highest BCUT2D eigenvalue weighted by molar-refractivity contribution is 6.15. The lowest BCUT2D eigenvalue weighted by atomic mass is 9.76. The lowest BCUT2D eigenvalue weighted by molar-refractivity contribution is -0.143. The minimum Gasteiger partial charge on any atom is -0.504 e. The van der Waals surface area contributed by atoms with Crippen molar-refractivity contribution in [2.45, 2.75) is 24.5 Å². The molecular weight excluding hydrogens is 446 g/mol. The third-order valence-electron chi connectivity index (χ3n) is 7.39. The second-order valence-electron chi connectivity index (χ2n) is 9.34. The first kappa shape index (κ1) is 21.4. The number of rotatable bonds is 4. The Kier molecular flexibility index (Phi) is 4.69. The maximum atomic E-state index is 13.8. The van der Waals surface area contributed by atoms with E-state index in [1.807, 2.05) is 48.5 Å². The zero-order valence-electron chi connectivity index (χ0n) is 18.6. The van der Waals surface area contributed by atoms with E-state index in [9.17, 15) is 24.6 Å². The van der Waals surface area contributed by atoms with E-state index in [4.69, 9.17) is 0 Å². The molecule has 2 fully saturated rings.